The molecule has 7 nitrogen and oxygen atoms in total. The molecule has 1 saturated carbocycles. The average Bonchev–Trinajstić information content (AvgIpc) is 3.37. The van der Waals surface area contributed by atoms with Crippen LogP contribution >= 0.6 is 11.6 Å². The summed E-state index contributed by atoms with van der Waals surface area (Å²) in [6.07, 6.45) is 4.59. The van der Waals surface area contributed by atoms with Crippen molar-refractivity contribution < 1.29 is 23.5 Å². The van der Waals surface area contributed by atoms with Crippen molar-refractivity contribution in [3.63, 3.8) is 0 Å². The highest BCUT2D eigenvalue weighted by Gasteiger charge is 2.44. The van der Waals surface area contributed by atoms with Crippen LogP contribution in [-0.4, -0.2) is 24.5 Å². The summed E-state index contributed by atoms with van der Waals surface area (Å²) in [7, 11) is 0. The van der Waals surface area contributed by atoms with Gasteiger partial charge in [-0.2, -0.15) is 0 Å². The van der Waals surface area contributed by atoms with Crippen LogP contribution in [0.5, 0.6) is 0 Å². The number of hydrogen-bond donors (Lipinski definition) is 2. The number of nitrogens with one attached hydrogen (secondary N) is 2. The van der Waals surface area contributed by atoms with Gasteiger partial charge in [0.2, 0.25) is 0 Å². The third kappa shape index (κ3) is 4.72. The van der Waals surface area contributed by atoms with Crippen molar-refractivity contribution in [1.29, 1.82) is 0 Å². The van der Waals surface area contributed by atoms with E-state index in [-0.39, 0.29) is 6.54 Å². The average molecular weight is 405 g/mol. The summed E-state index contributed by atoms with van der Waals surface area (Å²) >= 11 is 5.94. The van der Waals surface area contributed by atoms with Crippen molar-refractivity contribution in [3.8, 4) is 0 Å². The molecule has 8 heteroatoms. The third-order valence-electron chi connectivity index (χ3n) is 4.84. The molecule has 1 heterocycles. The Morgan fingerprint density at radius 2 is 1.82 bits per heavy atom. The first-order valence-corrected chi connectivity index (χ1v) is 9.41. The second-order valence-corrected chi connectivity index (χ2v) is 7.12. The van der Waals surface area contributed by atoms with Crippen molar-refractivity contribution in [2.24, 2.45) is 0 Å². The predicted octanol–water partition coefficient (Wildman–Crippen LogP) is 3.31. The van der Waals surface area contributed by atoms with E-state index < -0.39 is 29.9 Å². The highest BCUT2D eigenvalue weighted by Crippen LogP contribution is 2.42. The number of halogens is 1. The first-order valence-electron chi connectivity index (χ1n) is 9.03. The zero-order valence-corrected chi connectivity index (χ0v) is 16.0. The summed E-state index contributed by atoms with van der Waals surface area (Å²) in [5, 5.41) is 5.19. The fourth-order valence-corrected chi connectivity index (χ4v) is 3.54. The number of furan rings is 1. The molecule has 1 fully saturated rings. The Morgan fingerprint density at radius 1 is 1.11 bits per heavy atom. The van der Waals surface area contributed by atoms with Crippen LogP contribution in [0.15, 0.2) is 47.1 Å². The highest BCUT2D eigenvalue weighted by molar-refractivity contribution is 6.30. The Hall–Kier alpha value is -2.80. The lowest BCUT2D eigenvalue weighted by Gasteiger charge is -2.27. The van der Waals surface area contributed by atoms with E-state index in [1.165, 1.54) is 6.26 Å². The smallest absolute Gasteiger partial charge is 0.321 e. The molecular weight excluding hydrogens is 384 g/mol. The summed E-state index contributed by atoms with van der Waals surface area (Å²) in [6.45, 7) is -0.381. The number of esters is 1. The lowest BCUT2D eigenvalue weighted by atomic mass is 9.79. The molecule has 0 radical (unpaired) electrons. The molecule has 0 aliphatic heterocycles. The second kappa shape index (κ2) is 8.93. The molecule has 1 aromatic heterocycles. The topological polar surface area (TPSA) is 97.6 Å². The summed E-state index contributed by atoms with van der Waals surface area (Å²) in [5.74, 6) is -0.604. The number of urea groups is 1. The Labute approximate surface area is 167 Å². The molecule has 1 aliphatic rings. The minimum atomic E-state index is -0.771. The highest BCUT2D eigenvalue weighted by atomic mass is 35.5. The zero-order chi connectivity index (χ0) is 20.0. The molecule has 0 bridgehead atoms. The van der Waals surface area contributed by atoms with Crippen LogP contribution in [0.2, 0.25) is 5.02 Å². The molecule has 148 valence electrons. The maximum absolute atomic E-state index is 12.8. The summed E-state index contributed by atoms with van der Waals surface area (Å²) in [6, 6.07) is 9.81. The number of benzene rings is 1. The van der Waals surface area contributed by atoms with Crippen LogP contribution in [0.3, 0.4) is 0 Å². The van der Waals surface area contributed by atoms with Crippen molar-refractivity contribution in [3.05, 3.63) is 59.0 Å². The number of carbonyl (C=O) groups excluding carboxylic acids is 3. The van der Waals surface area contributed by atoms with Crippen LogP contribution in [0.25, 0.3) is 0 Å². The number of imide groups is 1. The van der Waals surface area contributed by atoms with Gasteiger partial charge in [-0.05, 0) is 42.7 Å². The second-order valence-electron chi connectivity index (χ2n) is 6.68. The quantitative estimate of drug-likeness (QED) is 0.720. The van der Waals surface area contributed by atoms with Gasteiger partial charge in [-0.15, -0.1) is 0 Å². The van der Waals surface area contributed by atoms with Crippen molar-refractivity contribution in [2.45, 2.75) is 37.6 Å². The molecule has 0 saturated heterocycles. The standard InChI is InChI=1S/C20H21ClN2O5/c21-15-7-5-14(6-8-15)20(9-1-2-10-20)18(25)28-13-17(24)23-19(26)22-12-16-4-3-11-27-16/h3-8,11H,1-2,9-10,12-13H2,(H2,22,23,24,26). The SMILES string of the molecule is O=C(COC(=O)C1(c2ccc(Cl)cc2)CCCC1)NC(=O)NCc1ccco1. The van der Waals surface area contributed by atoms with Gasteiger partial charge in [-0.3, -0.25) is 14.9 Å². The van der Waals surface area contributed by atoms with Gasteiger partial charge < -0.3 is 14.5 Å². The Balaban J connectivity index is 1.52. The van der Waals surface area contributed by atoms with E-state index in [1.807, 2.05) is 12.1 Å². The molecule has 3 amide bonds. The van der Waals surface area contributed by atoms with Crippen LogP contribution in [0.1, 0.15) is 37.0 Å². The summed E-state index contributed by atoms with van der Waals surface area (Å²) in [5.41, 5.74) is 0.0582. The van der Waals surface area contributed by atoms with Crippen LogP contribution in [0.4, 0.5) is 4.79 Å². The summed E-state index contributed by atoms with van der Waals surface area (Å²) in [4.78, 5) is 36.4. The van der Waals surface area contributed by atoms with E-state index in [0.29, 0.717) is 23.6 Å². The molecular formula is C20H21ClN2O5. The lowest BCUT2D eigenvalue weighted by molar-refractivity contribution is -0.154. The van der Waals surface area contributed by atoms with Crippen LogP contribution < -0.4 is 10.6 Å². The number of hydrogen-bond acceptors (Lipinski definition) is 5. The van der Waals surface area contributed by atoms with Gasteiger partial charge in [-0.1, -0.05) is 36.6 Å². The third-order valence-corrected chi connectivity index (χ3v) is 5.09. The van der Waals surface area contributed by atoms with Gasteiger partial charge in [0.15, 0.2) is 6.61 Å². The Morgan fingerprint density at radius 3 is 2.46 bits per heavy atom. The minimum Gasteiger partial charge on any atom is -0.467 e. The molecule has 3 rings (SSSR count). The fourth-order valence-electron chi connectivity index (χ4n) is 3.41. The first-order chi connectivity index (χ1) is 13.5. The molecule has 0 unspecified atom stereocenters. The maximum atomic E-state index is 12.8. The van der Waals surface area contributed by atoms with Crippen molar-refractivity contribution in [2.75, 3.05) is 6.61 Å². The van der Waals surface area contributed by atoms with E-state index in [1.54, 1.807) is 24.3 Å². The zero-order valence-electron chi connectivity index (χ0n) is 15.2. The molecule has 0 spiro atoms. The molecule has 2 aromatic rings. The van der Waals surface area contributed by atoms with Gasteiger partial charge in [0.25, 0.3) is 5.91 Å². The van der Waals surface area contributed by atoms with Crippen molar-refractivity contribution >= 4 is 29.5 Å². The molecule has 1 aromatic carbocycles. The number of ether oxygens (including phenoxy) is 1. The number of amides is 3. The molecule has 28 heavy (non-hydrogen) atoms. The monoisotopic (exact) mass is 404 g/mol. The Kier molecular flexibility index (Phi) is 6.36. The predicted molar refractivity (Wildman–Crippen MR) is 102 cm³/mol. The molecule has 1 aliphatic carbocycles. The van der Waals surface area contributed by atoms with Gasteiger partial charge in [0, 0.05) is 5.02 Å². The van der Waals surface area contributed by atoms with E-state index >= 15 is 0 Å². The fraction of sp³-hybridized carbons (Fsp3) is 0.350. The van der Waals surface area contributed by atoms with Crippen LogP contribution in [-0.2, 0) is 26.3 Å². The van der Waals surface area contributed by atoms with E-state index in [9.17, 15) is 14.4 Å². The first kappa shape index (κ1) is 19.9. The van der Waals surface area contributed by atoms with Gasteiger partial charge in [-0.25, -0.2) is 4.79 Å². The molecule has 2 N–H and O–H groups in total. The van der Waals surface area contributed by atoms with Crippen molar-refractivity contribution in [1.82, 2.24) is 10.6 Å². The number of rotatable bonds is 6. The van der Waals surface area contributed by atoms with Gasteiger partial charge in [0.05, 0.1) is 18.2 Å². The van der Waals surface area contributed by atoms with Gasteiger partial charge >= 0.3 is 12.0 Å². The molecule has 0 atom stereocenters. The van der Waals surface area contributed by atoms with E-state index in [4.69, 9.17) is 20.8 Å². The maximum Gasteiger partial charge on any atom is 0.321 e. The van der Waals surface area contributed by atoms with E-state index in [0.717, 1.165) is 18.4 Å². The lowest BCUT2D eigenvalue weighted by Crippen LogP contribution is -2.42. The number of carbonyl (C=O) groups is 3. The van der Waals surface area contributed by atoms with Gasteiger partial charge in [0.1, 0.15) is 5.76 Å². The van der Waals surface area contributed by atoms with E-state index in [2.05, 4.69) is 10.6 Å². The largest absolute Gasteiger partial charge is 0.467 e. The minimum absolute atomic E-state index is 0.144. The van der Waals surface area contributed by atoms with Crippen LogP contribution in [0, 0.1) is 0 Å². The summed E-state index contributed by atoms with van der Waals surface area (Å²) < 4.78 is 10.3. The Bertz CT molecular complexity index is 827. The normalized spacial score (nSPS) is 15.0.